The lowest BCUT2D eigenvalue weighted by atomic mass is 10.4. The Hall–Kier alpha value is -0.780. The Bertz CT molecular complexity index is 172. The van der Waals surface area contributed by atoms with E-state index in [-0.39, 0.29) is 7.43 Å². The van der Waals surface area contributed by atoms with Gasteiger partial charge in [-0.25, -0.2) is 0 Å². The highest BCUT2D eigenvalue weighted by Gasteiger charge is 1.84. The van der Waals surface area contributed by atoms with Crippen molar-refractivity contribution in [2.75, 3.05) is 0 Å². The van der Waals surface area contributed by atoms with Crippen molar-refractivity contribution >= 4 is 0 Å². The number of hydrogen-bond donors (Lipinski definition) is 0. The lowest BCUT2D eigenvalue weighted by Crippen LogP contribution is -1.50. The number of hydrogen-bond acceptors (Lipinski definition) is 0. The molecular weight excluding hydrogens is 276 g/mol. The average Bonchev–Trinajstić information content (AvgIpc) is 3.21. The second-order valence-electron chi connectivity index (χ2n) is 5.32. The molecule has 0 saturated carbocycles. The van der Waals surface area contributed by atoms with E-state index in [4.69, 9.17) is 0 Å². The summed E-state index contributed by atoms with van der Waals surface area (Å²) in [4.78, 5) is 0. The second-order valence-corrected chi connectivity index (χ2v) is 5.32. The number of allylic oxidation sites excluding steroid dienone is 6. The minimum absolute atomic E-state index is 0. The minimum Gasteiger partial charge on any atom is -0.0885 e. The van der Waals surface area contributed by atoms with E-state index in [1.54, 1.807) is 0 Å². The molecule has 2 aliphatic rings. The predicted octanol–water partition coefficient (Wildman–Crippen LogP) is 9.53. The van der Waals surface area contributed by atoms with Crippen LogP contribution in [0.25, 0.3) is 0 Å². The minimum atomic E-state index is 0. The van der Waals surface area contributed by atoms with Crippen molar-refractivity contribution in [3.63, 3.8) is 0 Å². The zero-order valence-corrected chi connectivity index (χ0v) is 17.1. The molecular formula is C23H50. The Balaban J connectivity index is -0.0000000573. The van der Waals surface area contributed by atoms with Crippen LogP contribution in [0.1, 0.15) is 114 Å². The molecule has 0 spiro atoms. The summed E-state index contributed by atoms with van der Waals surface area (Å²) in [5.74, 6) is 0. The molecule has 0 amide bonds. The first-order chi connectivity index (χ1) is 10.7. The second kappa shape index (κ2) is 49.6. The van der Waals surface area contributed by atoms with Gasteiger partial charge in [0.15, 0.2) is 0 Å². The molecule has 23 heavy (non-hydrogen) atoms. The molecule has 2 rings (SSSR count). The van der Waals surface area contributed by atoms with Crippen LogP contribution in [0.3, 0.4) is 0 Å². The molecule has 0 atom stereocenters. The maximum atomic E-state index is 2.24. The van der Waals surface area contributed by atoms with Gasteiger partial charge in [0.25, 0.3) is 0 Å². The molecule has 0 bridgehead atoms. The first-order valence-corrected chi connectivity index (χ1v) is 9.62. The summed E-state index contributed by atoms with van der Waals surface area (Å²) in [6.07, 6.45) is 23.0. The van der Waals surface area contributed by atoms with E-state index >= 15 is 0 Å². The van der Waals surface area contributed by atoms with Gasteiger partial charge in [-0.1, -0.05) is 125 Å². The fraction of sp³-hybridized carbons (Fsp3) is 0.739. The molecule has 142 valence electrons. The fourth-order valence-electron chi connectivity index (χ4n) is 0.982. The van der Waals surface area contributed by atoms with Crippen LogP contribution in [0.15, 0.2) is 36.5 Å². The van der Waals surface area contributed by atoms with Crippen LogP contribution in [0.2, 0.25) is 0 Å². The summed E-state index contributed by atoms with van der Waals surface area (Å²) in [5, 5.41) is 0. The molecule has 2 aliphatic carbocycles. The van der Waals surface area contributed by atoms with Gasteiger partial charge in [-0.2, -0.15) is 0 Å². The van der Waals surface area contributed by atoms with Crippen LogP contribution in [-0.4, -0.2) is 0 Å². The van der Waals surface area contributed by atoms with E-state index in [2.05, 4.69) is 91.8 Å². The third kappa shape index (κ3) is 92.2. The van der Waals surface area contributed by atoms with Gasteiger partial charge in [-0.3, -0.25) is 0 Å². The Morgan fingerprint density at radius 1 is 0.522 bits per heavy atom. The molecule has 0 heteroatoms. The Labute approximate surface area is 151 Å². The smallest absolute Gasteiger partial charge is 0.0163 e. The van der Waals surface area contributed by atoms with Crippen LogP contribution < -0.4 is 0 Å². The van der Waals surface area contributed by atoms with Crippen LogP contribution in [-0.2, 0) is 0 Å². The van der Waals surface area contributed by atoms with Gasteiger partial charge in [0, 0.05) is 0 Å². The largest absolute Gasteiger partial charge is 0.0885 e. The monoisotopic (exact) mass is 326 g/mol. The van der Waals surface area contributed by atoms with Gasteiger partial charge < -0.3 is 0 Å². The Morgan fingerprint density at radius 3 is 0.870 bits per heavy atom. The van der Waals surface area contributed by atoms with Gasteiger partial charge in [0.1, 0.15) is 0 Å². The SMILES string of the molecule is C.C1=CCC=C1.C1=CCCC1.CCC.CCC.CCC.CCC. The maximum absolute atomic E-state index is 2.24. The van der Waals surface area contributed by atoms with E-state index in [9.17, 15) is 0 Å². The Kier molecular flexibility index (Phi) is 72.8. The third-order valence-electron chi connectivity index (χ3n) is 1.56. The molecule has 0 aromatic rings. The lowest BCUT2D eigenvalue weighted by molar-refractivity contribution is 0.929. The molecule has 0 aromatic heterocycles. The molecule has 0 aliphatic heterocycles. The van der Waals surface area contributed by atoms with Gasteiger partial charge in [0.2, 0.25) is 0 Å². The van der Waals surface area contributed by atoms with Crippen molar-refractivity contribution in [1.82, 2.24) is 0 Å². The van der Waals surface area contributed by atoms with Gasteiger partial charge >= 0.3 is 0 Å². The van der Waals surface area contributed by atoms with Crippen molar-refractivity contribution in [1.29, 1.82) is 0 Å². The average molecular weight is 327 g/mol. The zero-order valence-electron chi connectivity index (χ0n) is 17.1. The molecule has 0 heterocycles. The van der Waals surface area contributed by atoms with E-state index in [0.29, 0.717) is 0 Å². The highest BCUT2D eigenvalue weighted by atomic mass is 13.9. The fourth-order valence-corrected chi connectivity index (χ4v) is 0.982. The lowest BCUT2D eigenvalue weighted by Gasteiger charge is -1.69. The van der Waals surface area contributed by atoms with Crippen molar-refractivity contribution in [3.05, 3.63) is 36.5 Å². The summed E-state index contributed by atoms with van der Waals surface area (Å²) < 4.78 is 0. The molecule has 0 fully saturated rings. The maximum Gasteiger partial charge on any atom is -0.0163 e. The van der Waals surface area contributed by atoms with E-state index < -0.39 is 0 Å². The third-order valence-corrected chi connectivity index (χ3v) is 1.56. The highest BCUT2D eigenvalue weighted by molar-refractivity contribution is 5.11. The van der Waals surface area contributed by atoms with Crippen LogP contribution in [0.4, 0.5) is 0 Å². The predicted molar refractivity (Wildman–Crippen MR) is 116 cm³/mol. The van der Waals surface area contributed by atoms with Crippen LogP contribution in [0, 0.1) is 0 Å². The van der Waals surface area contributed by atoms with Crippen molar-refractivity contribution in [2.45, 2.75) is 114 Å². The van der Waals surface area contributed by atoms with Crippen molar-refractivity contribution < 1.29 is 0 Å². The van der Waals surface area contributed by atoms with Gasteiger partial charge in [0.05, 0.1) is 0 Å². The molecule has 0 radical (unpaired) electrons. The standard InChI is InChI=1S/C5H8.C5H6.4C3H8.CH4/c2*1-2-4-5-3-1;4*1-3-2;/h1-2H,3-5H2;1-4H,5H2;4*3H2,1-2H3;1H4. The normalized spacial score (nSPS) is 11.5. The quantitative estimate of drug-likeness (QED) is 0.389. The van der Waals surface area contributed by atoms with E-state index in [1.807, 2.05) is 0 Å². The molecule has 0 unspecified atom stereocenters. The molecule has 0 N–H and O–H groups in total. The van der Waals surface area contributed by atoms with Gasteiger partial charge in [-0.05, 0) is 25.7 Å². The highest BCUT2D eigenvalue weighted by Crippen LogP contribution is 2.05. The van der Waals surface area contributed by atoms with Crippen LogP contribution >= 0.6 is 0 Å². The topological polar surface area (TPSA) is 0 Å². The summed E-state index contributed by atoms with van der Waals surface area (Å²) in [6, 6.07) is 0. The summed E-state index contributed by atoms with van der Waals surface area (Å²) >= 11 is 0. The summed E-state index contributed by atoms with van der Waals surface area (Å²) in [6.45, 7) is 17.0. The van der Waals surface area contributed by atoms with Crippen molar-refractivity contribution in [2.24, 2.45) is 0 Å². The molecule has 0 nitrogen and oxygen atoms in total. The van der Waals surface area contributed by atoms with Gasteiger partial charge in [-0.15, -0.1) is 0 Å². The number of rotatable bonds is 0. The van der Waals surface area contributed by atoms with E-state index in [1.165, 1.54) is 44.9 Å². The summed E-state index contributed by atoms with van der Waals surface area (Å²) in [5.41, 5.74) is 0. The first-order valence-electron chi connectivity index (χ1n) is 9.62. The summed E-state index contributed by atoms with van der Waals surface area (Å²) in [7, 11) is 0. The van der Waals surface area contributed by atoms with Crippen molar-refractivity contribution in [3.8, 4) is 0 Å². The first kappa shape index (κ1) is 33.7. The van der Waals surface area contributed by atoms with Crippen LogP contribution in [0.5, 0.6) is 0 Å². The molecule has 0 aromatic carbocycles. The van der Waals surface area contributed by atoms with E-state index in [0.717, 1.165) is 6.42 Å². The Morgan fingerprint density at radius 2 is 0.783 bits per heavy atom. The molecule has 0 saturated heterocycles. The zero-order chi connectivity index (χ0) is 17.9.